The molecule has 0 radical (unpaired) electrons. The van der Waals surface area contributed by atoms with Crippen LogP contribution in [0.25, 0.3) is 0 Å². The molecule has 0 aliphatic carbocycles. The van der Waals surface area contributed by atoms with Crippen LogP contribution in [0, 0.1) is 0 Å². The van der Waals surface area contributed by atoms with Crippen LogP contribution in [0.1, 0.15) is 17.5 Å². The quantitative estimate of drug-likeness (QED) is 0.741. The van der Waals surface area contributed by atoms with Crippen molar-refractivity contribution < 1.29 is 14.3 Å². The summed E-state index contributed by atoms with van der Waals surface area (Å²) in [5.74, 6) is 0.0475. The fourth-order valence-electron chi connectivity index (χ4n) is 4.07. The van der Waals surface area contributed by atoms with Gasteiger partial charge in [-0.05, 0) is 24.6 Å². The van der Waals surface area contributed by atoms with Crippen LogP contribution in [0.2, 0.25) is 0 Å². The van der Waals surface area contributed by atoms with Crippen LogP contribution >= 0.6 is 0 Å². The van der Waals surface area contributed by atoms with Crippen molar-refractivity contribution in [1.82, 2.24) is 9.80 Å². The van der Waals surface area contributed by atoms with E-state index in [1.165, 1.54) is 5.56 Å². The molecule has 5 heteroatoms. The van der Waals surface area contributed by atoms with Crippen molar-refractivity contribution in [2.45, 2.75) is 31.2 Å². The molecular formula is C23H28N2O3. The Morgan fingerprint density at radius 3 is 2.43 bits per heavy atom. The highest BCUT2D eigenvalue weighted by Gasteiger charge is 2.51. The minimum absolute atomic E-state index is 0.0475. The molecule has 2 aliphatic rings. The summed E-state index contributed by atoms with van der Waals surface area (Å²) < 4.78 is 11.7. The number of hydrogen-bond acceptors (Lipinski definition) is 4. The largest absolute Gasteiger partial charge is 0.370 e. The second kappa shape index (κ2) is 8.43. The predicted octanol–water partition coefficient (Wildman–Crippen LogP) is 2.71. The smallest absolute Gasteiger partial charge is 0.248 e. The topological polar surface area (TPSA) is 42.0 Å². The third kappa shape index (κ3) is 4.43. The summed E-state index contributed by atoms with van der Waals surface area (Å²) >= 11 is 0. The Hall–Kier alpha value is -2.21. The first-order valence-corrected chi connectivity index (χ1v) is 9.91. The van der Waals surface area contributed by atoms with Crippen molar-refractivity contribution >= 4 is 5.91 Å². The van der Waals surface area contributed by atoms with Crippen LogP contribution in [0.4, 0.5) is 0 Å². The number of hydrogen-bond donors (Lipinski definition) is 0. The second-order valence-corrected chi connectivity index (χ2v) is 7.98. The molecule has 1 amide bonds. The molecule has 0 saturated carbocycles. The first kappa shape index (κ1) is 19.1. The van der Waals surface area contributed by atoms with Crippen molar-refractivity contribution in [3.8, 4) is 0 Å². The third-order valence-electron chi connectivity index (χ3n) is 5.74. The van der Waals surface area contributed by atoms with Gasteiger partial charge in [0.2, 0.25) is 5.91 Å². The Bertz CT molecular complexity index is 775. The molecule has 148 valence electrons. The highest BCUT2D eigenvalue weighted by molar-refractivity contribution is 5.78. The van der Waals surface area contributed by atoms with Crippen LogP contribution in [-0.4, -0.2) is 60.7 Å². The summed E-state index contributed by atoms with van der Waals surface area (Å²) in [6.45, 7) is 3.60. The molecule has 2 aromatic carbocycles. The first-order chi connectivity index (χ1) is 13.6. The molecule has 0 N–H and O–H groups in total. The number of nitrogens with zero attached hydrogens (tertiary/aromatic N) is 2. The molecule has 2 aromatic rings. The summed E-state index contributed by atoms with van der Waals surface area (Å²) in [6, 6.07) is 20.8. The molecule has 28 heavy (non-hydrogen) atoms. The number of benzene rings is 2. The lowest BCUT2D eigenvalue weighted by atomic mass is 9.89. The lowest BCUT2D eigenvalue weighted by Gasteiger charge is -2.47. The summed E-state index contributed by atoms with van der Waals surface area (Å²) in [5, 5.41) is 0. The van der Waals surface area contributed by atoms with Crippen molar-refractivity contribution in [1.29, 1.82) is 0 Å². The summed E-state index contributed by atoms with van der Waals surface area (Å²) in [5.41, 5.74) is 2.23. The molecule has 2 fully saturated rings. The van der Waals surface area contributed by atoms with Crippen molar-refractivity contribution in [2.24, 2.45) is 0 Å². The zero-order valence-corrected chi connectivity index (χ0v) is 16.4. The van der Waals surface area contributed by atoms with Gasteiger partial charge in [0, 0.05) is 12.6 Å². The van der Waals surface area contributed by atoms with Crippen LogP contribution < -0.4 is 0 Å². The molecule has 2 heterocycles. The maximum absolute atomic E-state index is 12.3. The number of amides is 1. The summed E-state index contributed by atoms with van der Waals surface area (Å²) in [4.78, 5) is 16.6. The average Bonchev–Trinajstić information content (AvgIpc) is 3.14. The van der Waals surface area contributed by atoms with Gasteiger partial charge in [0.15, 0.2) is 0 Å². The Kier molecular flexibility index (Phi) is 5.76. The molecule has 0 unspecified atom stereocenters. The van der Waals surface area contributed by atoms with Gasteiger partial charge < -0.3 is 14.4 Å². The van der Waals surface area contributed by atoms with E-state index >= 15 is 0 Å². The van der Waals surface area contributed by atoms with E-state index in [1.54, 1.807) is 0 Å². The zero-order valence-electron chi connectivity index (χ0n) is 16.4. The van der Waals surface area contributed by atoms with Gasteiger partial charge in [-0.3, -0.25) is 9.69 Å². The van der Waals surface area contributed by atoms with Gasteiger partial charge in [0.25, 0.3) is 0 Å². The maximum atomic E-state index is 12.3. The second-order valence-electron chi connectivity index (χ2n) is 7.98. The molecule has 1 spiro atoms. The number of likely N-dealkylation sites (N-methyl/N-ethyl adjacent to an activating group) is 1. The standard InChI is InChI=1S/C23H28N2O3/c1-24(13-19-8-4-2-5-9-19)21-12-23(28-15-21)17-25(18-23)22(26)16-27-14-20-10-6-3-7-11-20/h2-11,21H,12-18H2,1H3/t21-/m0/s1. The summed E-state index contributed by atoms with van der Waals surface area (Å²) in [7, 11) is 2.15. The normalized spacial score (nSPS) is 20.5. The minimum atomic E-state index is -0.162. The van der Waals surface area contributed by atoms with Gasteiger partial charge in [0.1, 0.15) is 12.2 Å². The third-order valence-corrected chi connectivity index (χ3v) is 5.74. The number of likely N-dealkylation sites (tertiary alicyclic amines) is 1. The average molecular weight is 380 g/mol. The molecule has 0 aromatic heterocycles. The van der Waals surface area contributed by atoms with E-state index in [-0.39, 0.29) is 18.1 Å². The van der Waals surface area contributed by atoms with Gasteiger partial charge in [-0.2, -0.15) is 0 Å². The fourth-order valence-corrected chi connectivity index (χ4v) is 4.07. The van der Waals surface area contributed by atoms with E-state index in [9.17, 15) is 4.79 Å². The van der Waals surface area contributed by atoms with E-state index in [1.807, 2.05) is 41.3 Å². The van der Waals surface area contributed by atoms with Crippen molar-refractivity contribution in [3.05, 3.63) is 71.8 Å². The number of rotatable bonds is 7. The predicted molar refractivity (Wildman–Crippen MR) is 108 cm³/mol. The van der Waals surface area contributed by atoms with E-state index in [0.29, 0.717) is 25.7 Å². The fraction of sp³-hybridized carbons (Fsp3) is 0.435. The zero-order chi connectivity index (χ0) is 19.4. The molecule has 5 nitrogen and oxygen atoms in total. The van der Waals surface area contributed by atoms with E-state index in [0.717, 1.165) is 25.1 Å². The highest BCUT2D eigenvalue weighted by atomic mass is 16.5. The Morgan fingerprint density at radius 1 is 1.11 bits per heavy atom. The van der Waals surface area contributed by atoms with Crippen molar-refractivity contribution in [3.63, 3.8) is 0 Å². The minimum Gasteiger partial charge on any atom is -0.370 e. The van der Waals surface area contributed by atoms with Crippen LogP contribution in [0.5, 0.6) is 0 Å². The summed E-state index contributed by atoms with van der Waals surface area (Å²) in [6.07, 6.45) is 0.977. The SMILES string of the molecule is CN(Cc1ccccc1)[C@@H]1COC2(C1)CN(C(=O)COCc1ccccc1)C2. The molecule has 2 aliphatic heterocycles. The molecule has 4 rings (SSSR count). The lowest BCUT2D eigenvalue weighted by Crippen LogP contribution is -2.64. The highest BCUT2D eigenvalue weighted by Crippen LogP contribution is 2.37. The van der Waals surface area contributed by atoms with Crippen LogP contribution in [-0.2, 0) is 27.4 Å². The molecular weight excluding hydrogens is 352 g/mol. The lowest BCUT2D eigenvalue weighted by molar-refractivity contribution is -0.162. The number of ether oxygens (including phenoxy) is 2. The van der Waals surface area contributed by atoms with Gasteiger partial charge in [0.05, 0.1) is 26.3 Å². The van der Waals surface area contributed by atoms with Gasteiger partial charge >= 0.3 is 0 Å². The van der Waals surface area contributed by atoms with E-state index in [4.69, 9.17) is 9.47 Å². The monoisotopic (exact) mass is 380 g/mol. The molecule has 2 saturated heterocycles. The van der Waals surface area contributed by atoms with Crippen LogP contribution in [0.3, 0.4) is 0 Å². The first-order valence-electron chi connectivity index (χ1n) is 9.91. The van der Waals surface area contributed by atoms with E-state index in [2.05, 4.69) is 36.2 Å². The Balaban J connectivity index is 1.19. The van der Waals surface area contributed by atoms with Gasteiger partial charge in [-0.15, -0.1) is 0 Å². The van der Waals surface area contributed by atoms with Crippen molar-refractivity contribution in [2.75, 3.05) is 33.4 Å². The Labute approximate surface area is 166 Å². The number of carbonyl (C=O) groups is 1. The van der Waals surface area contributed by atoms with E-state index < -0.39 is 0 Å². The van der Waals surface area contributed by atoms with Gasteiger partial charge in [-0.25, -0.2) is 0 Å². The van der Waals surface area contributed by atoms with Crippen LogP contribution in [0.15, 0.2) is 60.7 Å². The Morgan fingerprint density at radius 2 is 1.75 bits per heavy atom. The van der Waals surface area contributed by atoms with Gasteiger partial charge in [-0.1, -0.05) is 60.7 Å². The molecule has 0 bridgehead atoms. The number of carbonyl (C=O) groups excluding carboxylic acids is 1. The molecule has 1 atom stereocenters. The maximum Gasteiger partial charge on any atom is 0.248 e.